The van der Waals surface area contributed by atoms with E-state index in [-0.39, 0.29) is 17.9 Å². The van der Waals surface area contributed by atoms with E-state index in [1.165, 1.54) is 13.2 Å². The lowest BCUT2D eigenvalue weighted by Gasteiger charge is -2.26. The summed E-state index contributed by atoms with van der Waals surface area (Å²) in [5.41, 5.74) is 3.84. The van der Waals surface area contributed by atoms with Crippen LogP contribution in [0, 0.1) is 15.9 Å². The number of hydrogen-bond acceptors (Lipinski definition) is 5. The van der Waals surface area contributed by atoms with Gasteiger partial charge in [-0.05, 0) is 13.8 Å². The predicted octanol–water partition coefficient (Wildman–Crippen LogP) is 1.81. The first-order valence-electron chi connectivity index (χ1n) is 5.74. The molecule has 3 N–H and O–H groups in total. The number of rotatable bonds is 6. The molecule has 0 radical (unpaired) electrons. The number of nitrogens with two attached hydrogens (primary N) is 1. The minimum atomic E-state index is -0.810. The van der Waals surface area contributed by atoms with E-state index in [0.717, 1.165) is 6.07 Å². The zero-order valence-electron chi connectivity index (χ0n) is 11.4. The number of carbonyl (C=O) groups excluding carboxylic acids is 1. The monoisotopic (exact) mass is 285 g/mol. The van der Waals surface area contributed by atoms with E-state index in [1.54, 1.807) is 13.8 Å². The van der Waals surface area contributed by atoms with Crippen LogP contribution in [0.5, 0.6) is 5.75 Å². The van der Waals surface area contributed by atoms with Crippen LogP contribution in [0.15, 0.2) is 12.1 Å². The Balaban J connectivity index is 3.14. The first-order chi connectivity index (χ1) is 9.16. The van der Waals surface area contributed by atoms with Gasteiger partial charge in [-0.1, -0.05) is 0 Å². The molecule has 0 spiro atoms. The van der Waals surface area contributed by atoms with Crippen molar-refractivity contribution in [2.24, 2.45) is 5.73 Å². The molecule has 0 aliphatic carbocycles. The highest BCUT2D eigenvalue weighted by Crippen LogP contribution is 2.33. The van der Waals surface area contributed by atoms with Gasteiger partial charge in [-0.25, -0.2) is 4.39 Å². The van der Waals surface area contributed by atoms with Gasteiger partial charge in [0.1, 0.15) is 0 Å². The van der Waals surface area contributed by atoms with Gasteiger partial charge in [0, 0.05) is 18.0 Å². The zero-order chi connectivity index (χ0) is 15.5. The van der Waals surface area contributed by atoms with E-state index in [9.17, 15) is 19.3 Å². The number of amides is 1. The summed E-state index contributed by atoms with van der Waals surface area (Å²) in [6, 6.07) is 1.94. The maximum absolute atomic E-state index is 13.9. The maximum atomic E-state index is 13.9. The summed E-state index contributed by atoms with van der Waals surface area (Å²) in [6.45, 7) is 3.32. The van der Waals surface area contributed by atoms with Crippen molar-refractivity contribution in [2.75, 3.05) is 12.4 Å². The van der Waals surface area contributed by atoms with Gasteiger partial charge in [0.2, 0.25) is 5.91 Å². The van der Waals surface area contributed by atoms with Crippen molar-refractivity contribution >= 4 is 17.3 Å². The van der Waals surface area contributed by atoms with E-state index in [4.69, 9.17) is 10.5 Å². The van der Waals surface area contributed by atoms with Crippen LogP contribution in [0.1, 0.15) is 20.3 Å². The highest BCUT2D eigenvalue weighted by molar-refractivity contribution is 5.76. The van der Waals surface area contributed by atoms with E-state index in [0.29, 0.717) is 0 Å². The van der Waals surface area contributed by atoms with Gasteiger partial charge >= 0.3 is 5.69 Å². The SMILES string of the molecule is COc1cc(NC(C)(C)CC(N)=O)c(F)cc1[N+](=O)[O-]. The molecule has 7 nitrogen and oxygen atoms in total. The first kappa shape index (κ1) is 15.7. The number of benzene rings is 1. The molecule has 0 aliphatic heterocycles. The van der Waals surface area contributed by atoms with Crippen LogP contribution in [0.2, 0.25) is 0 Å². The Hall–Kier alpha value is -2.38. The molecular weight excluding hydrogens is 269 g/mol. The van der Waals surface area contributed by atoms with E-state index in [2.05, 4.69) is 5.32 Å². The van der Waals surface area contributed by atoms with Crippen LogP contribution < -0.4 is 15.8 Å². The van der Waals surface area contributed by atoms with Crippen LogP contribution in [0.3, 0.4) is 0 Å². The van der Waals surface area contributed by atoms with E-state index < -0.39 is 27.9 Å². The van der Waals surface area contributed by atoms with Crippen molar-refractivity contribution in [1.29, 1.82) is 0 Å². The summed E-state index contributed by atoms with van der Waals surface area (Å²) in [5.74, 6) is -1.43. The van der Waals surface area contributed by atoms with Gasteiger partial charge in [-0.2, -0.15) is 0 Å². The summed E-state index contributed by atoms with van der Waals surface area (Å²) in [6.07, 6.45) is -0.0221. The standard InChI is InChI=1S/C12H16FN3O4/c1-12(2,6-11(14)17)15-8-5-10(20-3)9(16(18)19)4-7(8)13/h4-5,15H,6H2,1-3H3,(H2,14,17). The molecule has 0 unspecified atom stereocenters. The highest BCUT2D eigenvalue weighted by Gasteiger charge is 2.25. The average molecular weight is 285 g/mol. The molecule has 0 heterocycles. The summed E-state index contributed by atoms with van der Waals surface area (Å²) < 4.78 is 18.7. The largest absolute Gasteiger partial charge is 0.490 e. The first-order valence-corrected chi connectivity index (χ1v) is 5.74. The highest BCUT2D eigenvalue weighted by atomic mass is 19.1. The normalized spacial score (nSPS) is 11.0. The van der Waals surface area contributed by atoms with Gasteiger partial charge in [0.15, 0.2) is 11.6 Å². The third-order valence-electron chi connectivity index (χ3n) is 2.55. The lowest BCUT2D eigenvalue weighted by atomic mass is 9.99. The Labute approximate surface area is 115 Å². The van der Waals surface area contributed by atoms with Crippen molar-refractivity contribution in [1.82, 2.24) is 0 Å². The molecule has 0 aliphatic rings. The van der Waals surface area contributed by atoms with Crippen molar-refractivity contribution < 1.29 is 18.8 Å². The minimum Gasteiger partial charge on any atom is -0.490 e. The number of nitrogens with zero attached hydrogens (tertiary/aromatic N) is 1. The lowest BCUT2D eigenvalue weighted by Crippen LogP contribution is -2.36. The number of carbonyl (C=O) groups is 1. The third kappa shape index (κ3) is 3.81. The van der Waals surface area contributed by atoms with Crippen molar-refractivity contribution in [3.8, 4) is 5.75 Å². The number of primary amides is 1. The lowest BCUT2D eigenvalue weighted by molar-refractivity contribution is -0.385. The number of nitro groups is 1. The Morgan fingerprint density at radius 1 is 1.55 bits per heavy atom. The van der Waals surface area contributed by atoms with Crippen molar-refractivity contribution in [3.05, 3.63) is 28.1 Å². The van der Waals surface area contributed by atoms with Crippen molar-refractivity contribution in [2.45, 2.75) is 25.8 Å². The van der Waals surface area contributed by atoms with Crippen LogP contribution in [-0.2, 0) is 4.79 Å². The fourth-order valence-corrected chi connectivity index (χ4v) is 1.79. The molecule has 20 heavy (non-hydrogen) atoms. The van der Waals surface area contributed by atoms with Crippen LogP contribution in [0.25, 0.3) is 0 Å². The second-order valence-corrected chi connectivity index (χ2v) is 4.91. The topological polar surface area (TPSA) is 107 Å². The summed E-state index contributed by atoms with van der Waals surface area (Å²) in [4.78, 5) is 20.9. The van der Waals surface area contributed by atoms with E-state index in [1.807, 2.05) is 0 Å². The fourth-order valence-electron chi connectivity index (χ4n) is 1.79. The minimum absolute atomic E-state index is 0.00120. The molecule has 0 bridgehead atoms. The third-order valence-corrected chi connectivity index (χ3v) is 2.55. The number of nitro benzene ring substituents is 1. The Morgan fingerprint density at radius 2 is 2.15 bits per heavy atom. The molecule has 0 fully saturated rings. The fraction of sp³-hybridized carbons (Fsp3) is 0.417. The molecule has 0 atom stereocenters. The number of ether oxygens (including phenoxy) is 1. The molecule has 1 aromatic rings. The number of nitrogens with one attached hydrogen (secondary N) is 1. The van der Waals surface area contributed by atoms with Gasteiger partial charge in [0.05, 0.1) is 23.8 Å². The summed E-state index contributed by atoms with van der Waals surface area (Å²) in [5, 5.41) is 13.5. The zero-order valence-corrected chi connectivity index (χ0v) is 11.4. The van der Waals surface area contributed by atoms with Gasteiger partial charge < -0.3 is 15.8 Å². The second kappa shape index (κ2) is 5.72. The second-order valence-electron chi connectivity index (χ2n) is 4.91. The van der Waals surface area contributed by atoms with Crippen LogP contribution >= 0.6 is 0 Å². The number of halogens is 1. The predicted molar refractivity (Wildman–Crippen MR) is 71.1 cm³/mol. The van der Waals surface area contributed by atoms with Gasteiger partial charge in [-0.15, -0.1) is 0 Å². The molecule has 8 heteroatoms. The van der Waals surface area contributed by atoms with Crippen LogP contribution in [0.4, 0.5) is 15.8 Å². The Bertz CT molecular complexity index is 546. The molecule has 0 saturated carbocycles. The molecule has 110 valence electrons. The van der Waals surface area contributed by atoms with Crippen LogP contribution in [-0.4, -0.2) is 23.5 Å². The molecule has 1 rings (SSSR count). The van der Waals surface area contributed by atoms with E-state index >= 15 is 0 Å². The molecule has 1 aromatic carbocycles. The molecule has 0 saturated heterocycles. The molecular formula is C12H16FN3O4. The smallest absolute Gasteiger partial charge is 0.313 e. The number of methoxy groups -OCH3 is 1. The quantitative estimate of drug-likeness (QED) is 0.612. The number of anilines is 1. The molecule has 1 amide bonds. The maximum Gasteiger partial charge on any atom is 0.313 e. The number of hydrogen-bond donors (Lipinski definition) is 2. The Morgan fingerprint density at radius 3 is 2.60 bits per heavy atom. The van der Waals surface area contributed by atoms with Gasteiger partial charge in [-0.3, -0.25) is 14.9 Å². The average Bonchev–Trinajstić information content (AvgIpc) is 2.28. The van der Waals surface area contributed by atoms with Gasteiger partial charge in [0.25, 0.3) is 0 Å². The summed E-state index contributed by atoms with van der Waals surface area (Å²) >= 11 is 0. The Kier molecular flexibility index (Phi) is 4.49. The molecule has 0 aromatic heterocycles. The summed E-state index contributed by atoms with van der Waals surface area (Å²) in [7, 11) is 1.25. The van der Waals surface area contributed by atoms with Crippen molar-refractivity contribution in [3.63, 3.8) is 0 Å².